The molecule has 0 unspecified atom stereocenters. The molecule has 0 fully saturated rings. The van der Waals surface area contributed by atoms with Crippen LogP contribution in [0.25, 0.3) is 0 Å². The zero-order valence-electron chi connectivity index (χ0n) is 16.1. The van der Waals surface area contributed by atoms with Crippen molar-refractivity contribution >= 4 is 62.0 Å². The summed E-state index contributed by atoms with van der Waals surface area (Å²) in [5.74, 6) is -0.357. The molecule has 8 nitrogen and oxygen atoms in total. The average molecular weight is 520 g/mol. The zero-order chi connectivity index (χ0) is 24.4. The van der Waals surface area contributed by atoms with E-state index in [0.29, 0.717) is 17.4 Å². The number of carbonyl (C=O) groups is 1. The van der Waals surface area contributed by atoms with Crippen molar-refractivity contribution < 1.29 is 35.4 Å². The maximum Gasteiger partial charge on any atom is 0.419 e. The van der Waals surface area contributed by atoms with Gasteiger partial charge in [0.05, 0.1) is 22.5 Å². The van der Waals surface area contributed by atoms with Gasteiger partial charge in [0.25, 0.3) is 16.0 Å². The molecule has 0 spiro atoms. The van der Waals surface area contributed by atoms with Crippen LogP contribution in [0.2, 0.25) is 5.02 Å². The van der Waals surface area contributed by atoms with Gasteiger partial charge in [0, 0.05) is 11.4 Å². The maximum absolute atomic E-state index is 13.5. The highest BCUT2D eigenvalue weighted by atomic mass is 35.5. The van der Waals surface area contributed by atoms with Crippen LogP contribution in [0.3, 0.4) is 0 Å². The first-order valence-corrected chi connectivity index (χ1v) is 11.0. The second-order valence-electron chi connectivity index (χ2n) is 6.36. The highest BCUT2D eigenvalue weighted by Gasteiger charge is 2.39. The third-order valence-corrected chi connectivity index (χ3v) is 5.67. The number of halogens is 4. The molecule has 1 heterocycles. The van der Waals surface area contributed by atoms with Gasteiger partial charge in [0.15, 0.2) is 10.9 Å². The van der Waals surface area contributed by atoms with Gasteiger partial charge in [-0.05, 0) is 60.7 Å². The van der Waals surface area contributed by atoms with Crippen molar-refractivity contribution in [2.45, 2.75) is 11.1 Å². The molecule has 0 aliphatic heterocycles. The molecular weight excluding hydrogens is 507 g/mol. The fraction of sp³-hybridized carbons (Fsp3) is 0.0526. The van der Waals surface area contributed by atoms with Crippen LogP contribution in [0.15, 0.2) is 64.1 Å². The molecule has 3 aromatic rings. The first-order valence-electron chi connectivity index (χ1n) is 8.76. The van der Waals surface area contributed by atoms with Crippen molar-refractivity contribution in [3.05, 3.63) is 71.1 Å². The van der Waals surface area contributed by atoms with Crippen LogP contribution >= 0.6 is 23.8 Å². The maximum atomic E-state index is 13.5. The Morgan fingerprint density at radius 1 is 1.00 bits per heavy atom. The van der Waals surface area contributed by atoms with Crippen LogP contribution in [0.5, 0.6) is 0 Å². The van der Waals surface area contributed by atoms with Crippen molar-refractivity contribution in [1.29, 1.82) is 0 Å². The van der Waals surface area contributed by atoms with Crippen LogP contribution in [-0.2, 0) is 16.3 Å². The Morgan fingerprint density at radius 3 is 2.12 bits per heavy atom. The molecule has 1 aromatic heterocycles. The van der Waals surface area contributed by atoms with E-state index < -0.39 is 43.4 Å². The topological polar surface area (TPSA) is 121 Å². The lowest BCUT2D eigenvalue weighted by atomic mass is 10.1. The summed E-state index contributed by atoms with van der Waals surface area (Å²) in [4.78, 5) is 10.9. The van der Waals surface area contributed by atoms with Gasteiger partial charge in [-0.3, -0.25) is 9.35 Å². The van der Waals surface area contributed by atoms with Gasteiger partial charge in [0.1, 0.15) is 4.90 Å². The van der Waals surface area contributed by atoms with Gasteiger partial charge < -0.3 is 20.4 Å². The zero-order valence-corrected chi connectivity index (χ0v) is 18.5. The number of alkyl halides is 3. The molecule has 0 atom stereocenters. The average Bonchev–Trinajstić information content (AvgIpc) is 3.22. The molecular formula is C19H13ClF3N3O5S2. The Balaban J connectivity index is 1.74. The molecule has 3 rings (SSSR count). The third kappa shape index (κ3) is 6.01. The second kappa shape index (κ2) is 9.39. The van der Waals surface area contributed by atoms with Crippen LogP contribution in [-0.4, -0.2) is 24.0 Å². The van der Waals surface area contributed by atoms with Gasteiger partial charge in [-0.2, -0.15) is 21.6 Å². The number of nitrogens with one attached hydrogen (secondary N) is 3. The van der Waals surface area contributed by atoms with Crippen molar-refractivity contribution in [3.63, 3.8) is 0 Å². The third-order valence-electron chi connectivity index (χ3n) is 4.06. The number of amides is 1. The van der Waals surface area contributed by atoms with Gasteiger partial charge in [-0.25, -0.2) is 0 Å². The number of benzene rings is 2. The molecule has 0 saturated carbocycles. The summed E-state index contributed by atoms with van der Waals surface area (Å²) in [6.07, 6.45) is -3.70. The summed E-state index contributed by atoms with van der Waals surface area (Å²) >= 11 is 10.6. The molecule has 0 radical (unpaired) electrons. The fourth-order valence-corrected chi connectivity index (χ4v) is 4.02. The summed E-state index contributed by atoms with van der Waals surface area (Å²) in [6.45, 7) is 0. The van der Waals surface area contributed by atoms with Crippen LogP contribution in [0.4, 0.5) is 30.2 Å². The molecule has 0 saturated heterocycles. The summed E-state index contributed by atoms with van der Waals surface area (Å²) in [5.41, 5.74) is -1.34. The molecule has 14 heteroatoms. The minimum atomic E-state index is -5.05. The summed E-state index contributed by atoms with van der Waals surface area (Å²) in [6, 6.07) is 10.6. The largest absolute Gasteiger partial charge is 0.459 e. The Bertz CT molecular complexity index is 1300. The molecule has 0 aliphatic rings. The summed E-state index contributed by atoms with van der Waals surface area (Å²) < 4.78 is 77.1. The SMILES string of the molecule is O=C(Nc1ccc(NC(=S)Nc2ccc(S(=O)(=O)O)c(Cl)c2C(F)(F)F)cc1)c1ccco1. The number of anilines is 3. The van der Waals surface area contributed by atoms with E-state index in [2.05, 4.69) is 16.0 Å². The van der Waals surface area contributed by atoms with Crippen LogP contribution in [0.1, 0.15) is 16.1 Å². The van der Waals surface area contributed by atoms with E-state index in [0.717, 1.165) is 6.07 Å². The summed E-state index contributed by atoms with van der Waals surface area (Å²) in [5, 5.41) is 6.09. The van der Waals surface area contributed by atoms with Gasteiger partial charge in [0.2, 0.25) is 0 Å². The minimum absolute atomic E-state index is 0.113. The fourth-order valence-electron chi connectivity index (χ4n) is 2.66. The molecule has 2 aromatic carbocycles. The molecule has 4 N–H and O–H groups in total. The number of hydrogen-bond donors (Lipinski definition) is 4. The molecule has 0 aliphatic carbocycles. The van der Waals surface area contributed by atoms with Gasteiger partial charge in [-0.15, -0.1) is 0 Å². The predicted molar refractivity (Wildman–Crippen MR) is 119 cm³/mol. The Morgan fingerprint density at radius 2 is 1.61 bits per heavy atom. The summed E-state index contributed by atoms with van der Waals surface area (Å²) in [7, 11) is -4.98. The number of carbonyl (C=O) groups excluding carboxylic acids is 1. The molecule has 174 valence electrons. The van der Waals surface area contributed by atoms with Crippen molar-refractivity contribution in [1.82, 2.24) is 0 Å². The lowest BCUT2D eigenvalue weighted by molar-refractivity contribution is -0.136. The second-order valence-corrected chi connectivity index (χ2v) is 8.54. The predicted octanol–water partition coefficient (Wildman–Crippen LogP) is 5.26. The van der Waals surface area contributed by atoms with E-state index in [1.165, 1.54) is 36.6 Å². The number of furan rings is 1. The lowest BCUT2D eigenvalue weighted by Gasteiger charge is -2.18. The highest BCUT2D eigenvalue weighted by Crippen LogP contribution is 2.42. The van der Waals surface area contributed by atoms with Crippen molar-refractivity contribution in [3.8, 4) is 0 Å². The molecule has 1 amide bonds. The minimum Gasteiger partial charge on any atom is -0.459 e. The number of hydrogen-bond acceptors (Lipinski definition) is 5. The monoisotopic (exact) mass is 519 g/mol. The van der Waals surface area contributed by atoms with Gasteiger partial charge >= 0.3 is 6.18 Å². The van der Waals surface area contributed by atoms with E-state index in [1.807, 2.05) is 0 Å². The standard InChI is InChI=1S/C19H13ClF3N3O5S2/c20-16-14(33(28,29)30)8-7-12(15(16)19(21,22)23)26-18(32)25-11-5-3-10(4-6-11)24-17(27)13-2-1-9-31-13/h1-9H,(H,24,27)(H2,25,26,32)(H,28,29,30). The van der Waals surface area contributed by atoms with E-state index in [9.17, 15) is 26.4 Å². The smallest absolute Gasteiger partial charge is 0.419 e. The Labute approximate surface area is 195 Å². The van der Waals surface area contributed by atoms with Crippen LogP contribution < -0.4 is 16.0 Å². The first-order chi connectivity index (χ1) is 15.4. The first kappa shape index (κ1) is 24.5. The normalized spacial score (nSPS) is 11.7. The van der Waals surface area contributed by atoms with E-state index in [4.69, 9.17) is 32.8 Å². The van der Waals surface area contributed by atoms with E-state index in [-0.39, 0.29) is 10.9 Å². The number of thiocarbonyl (C=S) groups is 1. The van der Waals surface area contributed by atoms with Crippen molar-refractivity contribution in [2.75, 3.05) is 16.0 Å². The molecule has 33 heavy (non-hydrogen) atoms. The van der Waals surface area contributed by atoms with E-state index in [1.54, 1.807) is 6.07 Å². The van der Waals surface area contributed by atoms with Gasteiger partial charge in [-0.1, -0.05) is 11.6 Å². The quantitative estimate of drug-likeness (QED) is 0.266. The van der Waals surface area contributed by atoms with Crippen molar-refractivity contribution in [2.24, 2.45) is 0 Å². The lowest BCUT2D eigenvalue weighted by Crippen LogP contribution is -2.22. The Hall–Kier alpha value is -3.13. The highest BCUT2D eigenvalue weighted by molar-refractivity contribution is 7.86. The Kier molecular flexibility index (Phi) is 6.97. The van der Waals surface area contributed by atoms with E-state index >= 15 is 0 Å². The van der Waals surface area contributed by atoms with Crippen LogP contribution in [0, 0.1) is 0 Å². The number of rotatable bonds is 5. The molecule has 0 bridgehead atoms.